The number of rotatable bonds is 3. The molecule has 0 aromatic heterocycles. The fourth-order valence-corrected chi connectivity index (χ4v) is 1.89. The first-order valence-corrected chi connectivity index (χ1v) is 5.18. The third-order valence-corrected chi connectivity index (χ3v) is 2.68. The van der Waals surface area contributed by atoms with Crippen LogP contribution in [0.25, 0.3) is 0 Å². The monoisotopic (exact) mass is 202 g/mol. The Hall–Kier alpha value is -1.46. The number of aryl methyl sites for hydroxylation is 1. The molecule has 1 atom stereocenters. The van der Waals surface area contributed by atoms with Gasteiger partial charge in [0.2, 0.25) is 0 Å². The van der Waals surface area contributed by atoms with Crippen molar-refractivity contribution in [2.24, 2.45) is 0 Å². The van der Waals surface area contributed by atoms with Crippen LogP contribution >= 0.6 is 0 Å². The predicted octanol–water partition coefficient (Wildman–Crippen LogP) is 2.07. The van der Waals surface area contributed by atoms with E-state index in [1.165, 1.54) is 5.56 Å². The van der Waals surface area contributed by atoms with E-state index in [0.29, 0.717) is 13.0 Å². The fourth-order valence-electron chi connectivity index (χ4n) is 1.89. The highest BCUT2D eigenvalue weighted by molar-refractivity contribution is 5.39. The molecule has 0 amide bonds. The summed E-state index contributed by atoms with van der Waals surface area (Å²) < 4.78 is 5.48. The molecule has 2 rings (SSSR count). The molecule has 0 bridgehead atoms. The molecule has 78 valence electrons. The van der Waals surface area contributed by atoms with Gasteiger partial charge < -0.3 is 9.84 Å². The molecule has 1 aromatic carbocycles. The van der Waals surface area contributed by atoms with Crippen LogP contribution in [0.2, 0.25) is 0 Å². The highest BCUT2D eigenvalue weighted by atomic mass is 16.5. The van der Waals surface area contributed by atoms with Crippen molar-refractivity contribution in [2.45, 2.75) is 25.4 Å². The van der Waals surface area contributed by atoms with Crippen molar-refractivity contribution in [3.8, 4) is 18.1 Å². The van der Waals surface area contributed by atoms with E-state index in [1.54, 1.807) is 0 Å². The molecule has 0 heterocycles. The first kappa shape index (κ1) is 10.1. The molecular formula is C13H14O2. The number of aliphatic hydroxyl groups is 1. The van der Waals surface area contributed by atoms with Crippen LogP contribution in [0.1, 0.15) is 30.1 Å². The summed E-state index contributed by atoms with van der Waals surface area (Å²) in [4.78, 5) is 0. The van der Waals surface area contributed by atoms with E-state index >= 15 is 0 Å². The molecule has 1 aromatic rings. The van der Waals surface area contributed by atoms with Gasteiger partial charge in [-0.05, 0) is 36.1 Å². The van der Waals surface area contributed by atoms with Gasteiger partial charge in [0.1, 0.15) is 5.75 Å². The molecule has 0 saturated heterocycles. The molecule has 2 heteroatoms. The number of fused-ring (bicyclic) bond motifs is 1. The van der Waals surface area contributed by atoms with Crippen molar-refractivity contribution in [1.82, 2.24) is 0 Å². The maximum atomic E-state index is 9.62. The summed E-state index contributed by atoms with van der Waals surface area (Å²) >= 11 is 0. The number of aliphatic hydroxyl groups excluding tert-OH is 1. The Kier molecular flexibility index (Phi) is 2.94. The van der Waals surface area contributed by atoms with Crippen LogP contribution in [-0.2, 0) is 6.42 Å². The molecule has 15 heavy (non-hydrogen) atoms. The minimum Gasteiger partial charge on any atom is -0.493 e. The summed E-state index contributed by atoms with van der Waals surface area (Å²) in [6.07, 6.45) is 7.23. The molecule has 0 fully saturated rings. The zero-order chi connectivity index (χ0) is 10.7. The molecule has 1 aliphatic rings. The van der Waals surface area contributed by atoms with Crippen LogP contribution in [0.5, 0.6) is 5.75 Å². The number of ether oxygens (including phenoxy) is 1. The van der Waals surface area contributed by atoms with Crippen LogP contribution < -0.4 is 4.74 Å². The second kappa shape index (κ2) is 4.37. The number of terminal acetylenes is 1. The van der Waals surface area contributed by atoms with Gasteiger partial charge in [0.05, 0.1) is 12.7 Å². The van der Waals surface area contributed by atoms with E-state index < -0.39 is 0 Å². The summed E-state index contributed by atoms with van der Waals surface area (Å²) in [5.41, 5.74) is 2.24. The number of hydrogen-bond donors (Lipinski definition) is 1. The lowest BCUT2D eigenvalue weighted by Crippen LogP contribution is -1.97. The van der Waals surface area contributed by atoms with Crippen molar-refractivity contribution in [3.63, 3.8) is 0 Å². The highest BCUT2D eigenvalue weighted by Crippen LogP contribution is 2.33. The van der Waals surface area contributed by atoms with Crippen molar-refractivity contribution in [1.29, 1.82) is 0 Å². The summed E-state index contributed by atoms with van der Waals surface area (Å²) in [5.74, 6) is 3.38. The molecule has 2 nitrogen and oxygen atoms in total. The lowest BCUT2D eigenvalue weighted by Gasteiger charge is -2.07. The lowest BCUT2D eigenvalue weighted by molar-refractivity contribution is 0.180. The van der Waals surface area contributed by atoms with Crippen LogP contribution in [-0.4, -0.2) is 11.7 Å². The van der Waals surface area contributed by atoms with E-state index in [9.17, 15) is 5.11 Å². The SMILES string of the molecule is C#CCCOc1ccc2c(c1)CC[C@@H]2O. The Balaban J connectivity index is 2.07. The van der Waals surface area contributed by atoms with E-state index in [2.05, 4.69) is 5.92 Å². The molecule has 0 radical (unpaired) electrons. The molecule has 0 aliphatic heterocycles. The van der Waals surface area contributed by atoms with Gasteiger partial charge in [-0.3, -0.25) is 0 Å². The molecule has 0 saturated carbocycles. The third kappa shape index (κ3) is 2.14. The van der Waals surface area contributed by atoms with E-state index in [-0.39, 0.29) is 6.10 Å². The predicted molar refractivity (Wildman–Crippen MR) is 58.7 cm³/mol. The Morgan fingerprint density at radius 1 is 1.53 bits per heavy atom. The second-order valence-corrected chi connectivity index (χ2v) is 3.72. The van der Waals surface area contributed by atoms with Crippen molar-refractivity contribution < 1.29 is 9.84 Å². The molecule has 0 spiro atoms. The van der Waals surface area contributed by atoms with Gasteiger partial charge in [-0.15, -0.1) is 12.3 Å². The van der Waals surface area contributed by atoms with Crippen LogP contribution in [0.3, 0.4) is 0 Å². The minimum absolute atomic E-state index is 0.292. The summed E-state index contributed by atoms with van der Waals surface area (Å²) in [5, 5.41) is 9.62. The Labute approximate surface area is 89.9 Å². The van der Waals surface area contributed by atoms with Crippen molar-refractivity contribution in [3.05, 3.63) is 29.3 Å². The number of benzene rings is 1. The van der Waals surface area contributed by atoms with Gasteiger partial charge in [0.25, 0.3) is 0 Å². The van der Waals surface area contributed by atoms with Gasteiger partial charge in [-0.2, -0.15) is 0 Å². The quantitative estimate of drug-likeness (QED) is 0.600. The minimum atomic E-state index is -0.292. The third-order valence-electron chi connectivity index (χ3n) is 2.68. The molecule has 0 unspecified atom stereocenters. The molecule has 1 N–H and O–H groups in total. The van der Waals surface area contributed by atoms with Gasteiger partial charge in [-0.25, -0.2) is 0 Å². The summed E-state index contributed by atoms with van der Waals surface area (Å²) in [6, 6.07) is 5.84. The average Bonchev–Trinajstić information content (AvgIpc) is 2.61. The summed E-state index contributed by atoms with van der Waals surface area (Å²) in [6.45, 7) is 0.553. The first-order chi connectivity index (χ1) is 7.31. The van der Waals surface area contributed by atoms with Crippen LogP contribution in [0.4, 0.5) is 0 Å². The maximum absolute atomic E-state index is 9.62. The Bertz CT molecular complexity index is 390. The van der Waals surface area contributed by atoms with Gasteiger partial charge in [0, 0.05) is 6.42 Å². The zero-order valence-electron chi connectivity index (χ0n) is 8.57. The van der Waals surface area contributed by atoms with Gasteiger partial charge in [-0.1, -0.05) is 6.07 Å². The lowest BCUT2D eigenvalue weighted by atomic mass is 10.1. The second-order valence-electron chi connectivity index (χ2n) is 3.72. The normalized spacial score (nSPS) is 18.3. The molecule has 1 aliphatic carbocycles. The highest BCUT2D eigenvalue weighted by Gasteiger charge is 2.20. The standard InChI is InChI=1S/C13H14O2/c1-2-3-8-15-11-5-6-12-10(9-11)4-7-13(12)14/h1,5-6,9,13-14H,3-4,7-8H2/t13-/m0/s1. The van der Waals surface area contributed by atoms with E-state index in [1.807, 2.05) is 18.2 Å². The average molecular weight is 202 g/mol. The van der Waals surface area contributed by atoms with Crippen LogP contribution in [0.15, 0.2) is 18.2 Å². The maximum Gasteiger partial charge on any atom is 0.119 e. The van der Waals surface area contributed by atoms with Crippen LogP contribution in [0, 0.1) is 12.3 Å². The van der Waals surface area contributed by atoms with Gasteiger partial charge >= 0.3 is 0 Å². The van der Waals surface area contributed by atoms with E-state index in [0.717, 1.165) is 24.2 Å². The summed E-state index contributed by atoms with van der Waals surface area (Å²) in [7, 11) is 0. The Morgan fingerprint density at radius 2 is 2.40 bits per heavy atom. The number of hydrogen-bond acceptors (Lipinski definition) is 2. The molecular weight excluding hydrogens is 188 g/mol. The fraction of sp³-hybridized carbons (Fsp3) is 0.385. The van der Waals surface area contributed by atoms with Crippen molar-refractivity contribution >= 4 is 0 Å². The van der Waals surface area contributed by atoms with E-state index in [4.69, 9.17) is 11.2 Å². The Morgan fingerprint density at radius 3 is 3.20 bits per heavy atom. The largest absolute Gasteiger partial charge is 0.493 e. The smallest absolute Gasteiger partial charge is 0.119 e. The first-order valence-electron chi connectivity index (χ1n) is 5.18. The van der Waals surface area contributed by atoms with Gasteiger partial charge in [0.15, 0.2) is 0 Å². The topological polar surface area (TPSA) is 29.5 Å². The zero-order valence-corrected chi connectivity index (χ0v) is 8.57. The van der Waals surface area contributed by atoms with Crippen molar-refractivity contribution in [2.75, 3.05) is 6.61 Å².